The van der Waals surface area contributed by atoms with Gasteiger partial charge in [-0.3, -0.25) is 4.79 Å². The van der Waals surface area contributed by atoms with E-state index in [-0.39, 0.29) is 22.9 Å². The van der Waals surface area contributed by atoms with Crippen LogP contribution in [0, 0.1) is 11.6 Å². The first-order valence-corrected chi connectivity index (χ1v) is 7.94. The summed E-state index contributed by atoms with van der Waals surface area (Å²) in [4.78, 5) is 17.5. The molecule has 0 saturated carbocycles. The number of rotatable bonds is 3. The minimum atomic E-state index is -0.521. The second-order valence-electron chi connectivity index (χ2n) is 5.82. The number of anilines is 1. The Morgan fingerprint density at radius 2 is 1.88 bits per heavy atom. The molecule has 6 heteroatoms. The average Bonchev–Trinajstić information content (AvgIpc) is 3.01. The van der Waals surface area contributed by atoms with E-state index in [1.165, 1.54) is 29.3 Å². The number of aromatic nitrogens is 1. The highest BCUT2D eigenvalue weighted by atomic mass is 19.1. The lowest BCUT2D eigenvalue weighted by atomic mass is 10.2. The van der Waals surface area contributed by atoms with E-state index in [0.717, 1.165) is 0 Å². The fraction of sp³-hybridized carbons (Fsp3) is 0.158. The molecule has 1 aliphatic rings. The Hall–Kier alpha value is -3.02. The molecule has 126 valence electrons. The van der Waals surface area contributed by atoms with Crippen LogP contribution in [0.4, 0.5) is 14.5 Å². The SMILES string of the molecule is O=C1CCCN1c1c(F)cccc1Oc1cnc2c(F)cccc2c1. The monoisotopic (exact) mass is 340 g/mol. The normalized spacial score (nSPS) is 14.3. The van der Waals surface area contributed by atoms with Crippen LogP contribution >= 0.6 is 0 Å². The molecule has 0 unspecified atom stereocenters. The third-order valence-electron chi connectivity index (χ3n) is 4.16. The molecule has 0 bridgehead atoms. The average molecular weight is 340 g/mol. The molecule has 0 aliphatic carbocycles. The summed E-state index contributed by atoms with van der Waals surface area (Å²) in [5.41, 5.74) is 0.369. The molecule has 2 aromatic carbocycles. The lowest BCUT2D eigenvalue weighted by Gasteiger charge is -2.20. The first-order valence-electron chi connectivity index (χ1n) is 7.94. The molecule has 1 aliphatic heterocycles. The van der Waals surface area contributed by atoms with Crippen LogP contribution in [-0.2, 0) is 4.79 Å². The Morgan fingerprint density at radius 3 is 2.68 bits per heavy atom. The number of hydrogen-bond donors (Lipinski definition) is 0. The zero-order valence-electron chi connectivity index (χ0n) is 13.2. The predicted molar refractivity (Wildman–Crippen MR) is 89.8 cm³/mol. The van der Waals surface area contributed by atoms with Crippen molar-refractivity contribution in [2.24, 2.45) is 0 Å². The van der Waals surface area contributed by atoms with Crippen LogP contribution in [0.15, 0.2) is 48.7 Å². The van der Waals surface area contributed by atoms with Crippen molar-refractivity contribution in [1.29, 1.82) is 0 Å². The van der Waals surface area contributed by atoms with E-state index in [9.17, 15) is 13.6 Å². The van der Waals surface area contributed by atoms with Crippen molar-refractivity contribution in [3.8, 4) is 11.5 Å². The molecular weight excluding hydrogens is 326 g/mol. The van der Waals surface area contributed by atoms with E-state index < -0.39 is 11.6 Å². The van der Waals surface area contributed by atoms with Gasteiger partial charge in [-0.25, -0.2) is 13.8 Å². The summed E-state index contributed by atoms with van der Waals surface area (Å²) in [6.07, 6.45) is 2.46. The number of carbonyl (C=O) groups is 1. The first-order chi connectivity index (χ1) is 12.1. The number of halogens is 2. The lowest BCUT2D eigenvalue weighted by Crippen LogP contribution is -2.25. The van der Waals surface area contributed by atoms with Crippen molar-refractivity contribution in [2.45, 2.75) is 12.8 Å². The fourth-order valence-corrected chi connectivity index (χ4v) is 3.01. The maximum atomic E-state index is 14.3. The number of para-hydroxylation sites is 2. The van der Waals surface area contributed by atoms with Gasteiger partial charge in [0.05, 0.1) is 6.20 Å². The second-order valence-corrected chi connectivity index (χ2v) is 5.82. The number of pyridine rings is 1. The molecule has 0 radical (unpaired) electrons. The van der Waals surface area contributed by atoms with Gasteiger partial charge in [0.2, 0.25) is 5.91 Å². The molecule has 4 nitrogen and oxygen atoms in total. The van der Waals surface area contributed by atoms with Gasteiger partial charge < -0.3 is 9.64 Å². The van der Waals surface area contributed by atoms with Crippen molar-refractivity contribution in [3.05, 3.63) is 60.3 Å². The third kappa shape index (κ3) is 2.80. The van der Waals surface area contributed by atoms with Crippen molar-refractivity contribution in [3.63, 3.8) is 0 Å². The Bertz CT molecular complexity index is 975. The van der Waals surface area contributed by atoms with Gasteiger partial charge in [-0.2, -0.15) is 0 Å². The highest BCUT2D eigenvalue weighted by molar-refractivity contribution is 5.97. The summed E-state index contributed by atoms with van der Waals surface area (Å²) < 4.78 is 33.8. The zero-order valence-corrected chi connectivity index (χ0v) is 13.2. The number of ether oxygens (including phenoxy) is 1. The van der Waals surface area contributed by atoms with Crippen LogP contribution < -0.4 is 9.64 Å². The van der Waals surface area contributed by atoms with Gasteiger partial charge in [0.15, 0.2) is 11.6 Å². The standard InChI is InChI=1S/C19H14F2N2O2/c20-14-5-1-4-12-10-13(11-22-18(12)14)25-16-7-2-6-15(21)19(16)23-9-3-8-17(23)24/h1-2,4-7,10-11H,3,8-9H2. The maximum Gasteiger partial charge on any atom is 0.227 e. The third-order valence-corrected chi connectivity index (χ3v) is 4.16. The van der Waals surface area contributed by atoms with Crippen molar-refractivity contribution in [1.82, 2.24) is 4.98 Å². The van der Waals surface area contributed by atoms with E-state index >= 15 is 0 Å². The molecule has 1 amide bonds. The van der Waals surface area contributed by atoms with Crippen molar-refractivity contribution < 1.29 is 18.3 Å². The van der Waals surface area contributed by atoms with Crippen molar-refractivity contribution >= 4 is 22.5 Å². The van der Waals surface area contributed by atoms with E-state index in [4.69, 9.17) is 4.74 Å². The molecule has 3 aromatic rings. The van der Waals surface area contributed by atoms with Gasteiger partial charge >= 0.3 is 0 Å². The van der Waals surface area contributed by atoms with Gasteiger partial charge in [0.1, 0.15) is 22.8 Å². The summed E-state index contributed by atoms with van der Waals surface area (Å²) in [7, 11) is 0. The van der Waals surface area contributed by atoms with Crippen molar-refractivity contribution in [2.75, 3.05) is 11.4 Å². The molecule has 0 spiro atoms. The molecule has 2 heterocycles. The molecule has 1 fully saturated rings. The Kier molecular flexibility index (Phi) is 3.80. The molecular formula is C19H14F2N2O2. The minimum absolute atomic E-state index is 0.129. The number of carbonyl (C=O) groups excluding carboxylic acids is 1. The van der Waals surface area contributed by atoms with Gasteiger partial charge in [-0.1, -0.05) is 18.2 Å². The quantitative estimate of drug-likeness (QED) is 0.708. The van der Waals surface area contributed by atoms with E-state index in [1.54, 1.807) is 24.3 Å². The summed E-state index contributed by atoms with van der Waals surface area (Å²) >= 11 is 0. The van der Waals surface area contributed by atoms with E-state index in [0.29, 0.717) is 30.5 Å². The molecule has 0 N–H and O–H groups in total. The minimum Gasteiger partial charge on any atom is -0.453 e. The largest absolute Gasteiger partial charge is 0.453 e. The first kappa shape index (κ1) is 15.5. The van der Waals surface area contributed by atoms with Crippen LogP contribution in [0.25, 0.3) is 10.9 Å². The number of amides is 1. The summed E-state index contributed by atoms with van der Waals surface area (Å²) in [5.74, 6) is -0.497. The van der Waals surface area contributed by atoms with E-state index in [2.05, 4.69) is 4.98 Å². The number of fused-ring (bicyclic) bond motifs is 1. The molecule has 4 rings (SSSR count). The van der Waals surface area contributed by atoms with Crippen LogP contribution in [0.1, 0.15) is 12.8 Å². The molecule has 1 saturated heterocycles. The van der Waals surface area contributed by atoms with Gasteiger partial charge in [-0.05, 0) is 30.7 Å². The second kappa shape index (κ2) is 6.12. The number of hydrogen-bond acceptors (Lipinski definition) is 3. The maximum absolute atomic E-state index is 14.3. The lowest BCUT2D eigenvalue weighted by molar-refractivity contribution is -0.117. The number of nitrogens with zero attached hydrogens (tertiary/aromatic N) is 2. The highest BCUT2D eigenvalue weighted by Gasteiger charge is 2.27. The van der Waals surface area contributed by atoms with Crippen LogP contribution in [0.3, 0.4) is 0 Å². The zero-order chi connectivity index (χ0) is 17.4. The summed E-state index contributed by atoms with van der Waals surface area (Å²) in [6.45, 7) is 0.456. The summed E-state index contributed by atoms with van der Waals surface area (Å²) in [6, 6.07) is 10.7. The van der Waals surface area contributed by atoms with Gasteiger partial charge in [0, 0.05) is 18.4 Å². The van der Waals surface area contributed by atoms with Crippen LogP contribution in [-0.4, -0.2) is 17.4 Å². The summed E-state index contributed by atoms with van der Waals surface area (Å²) in [5, 5.41) is 0.577. The molecule has 0 atom stereocenters. The highest BCUT2D eigenvalue weighted by Crippen LogP contribution is 2.37. The fourth-order valence-electron chi connectivity index (χ4n) is 3.01. The van der Waals surface area contributed by atoms with Gasteiger partial charge in [-0.15, -0.1) is 0 Å². The molecule has 25 heavy (non-hydrogen) atoms. The number of benzene rings is 2. The topological polar surface area (TPSA) is 42.4 Å². The van der Waals surface area contributed by atoms with Crippen LogP contribution in [0.5, 0.6) is 11.5 Å². The molecule has 1 aromatic heterocycles. The Balaban J connectivity index is 1.74. The van der Waals surface area contributed by atoms with E-state index in [1.807, 2.05) is 0 Å². The Morgan fingerprint density at radius 1 is 1.08 bits per heavy atom. The van der Waals surface area contributed by atoms with Crippen LogP contribution in [0.2, 0.25) is 0 Å². The van der Waals surface area contributed by atoms with Gasteiger partial charge in [0.25, 0.3) is 0 Å². The smallest absolute Gasteiger partial charge is 0.227 e. The predicted octanol–water partition coefficient (Wildman–Crippen LogP) is 4.43. The Labute approximate surface area is 142 Å².